The maximum atomic E-state index is 7.50. The summed E-state index contributed by atoms with van der Waals surface area (Å²) in [5.74, 6) is 0.607. The quantitative estimate of drug-likeness (QED) is 0.0470. The fourth-order valence-electron chi connectivity index (χ4n) is 3.44. The van der Waals surface area contributed by atoms with Crippen LogP contribution >= 0.6 is 29.4 Å². The number of azo groups is 1. The Hall–Kier alpha value is -2.88. The zero-order valence-corrected chi connectivity index (χ0v) is 25.6. The van der Waals surface area contributed by atoms with Crippen LogP contribution in [0.15, 0.2) is 143 Å². The van der Waals surface area contributed by atoms with Gasteiger partial charge in [0.25, 0.3) is 0 Å². The van der Waals surface area contributed by atoms with Crippen molar-refractivity contribution < 1.29 is 22.0 Å². The van der Waals surface area contributed by atoms with Gasteiger partial charge in [0.15, 0.2) is 0 Å². The van der Waals surface area contributed by atoms with Gasteiger partial charge in [-0.05, 0) is 42.2 Å². The Morgan fingerprint density at radius 1 is 0.744 bits per heavy atom. The van der Waals surface area contributed by atoms with Crippen molar-refractivity contribution in [2.24, 2.45) is 17.3 Å². The zero-order valence-electron chi connectivity index (χ0n) is 21.4. The van der Waals surface area contributed by atoms with Crippen LogP contribution < -0.4 is 15.9 Å². The molecule has 0 atom stereocenters. The van der Waals surface area contributed by atoms with Crippen LogP contribution in [0, 0.1) is 6.65 Å². The molecule has 0 aliphatic heterocycles. The fraction of sp³-hybridized carbons (Fsp3) is 0.0667. The summed E-state index contributed by atoms with van der Waals surface area (Å²) in [7, 11) is 6.01. The molecule has 0 spiro atoms. The minimum Gasteiger partial charge on any atom is -0.0622 e. The van der Waals surface area contributed by atoms with Crippen molar-refractivity contribution in [3.8, 4) is 0 Å². The van der Waals surface area contributed by atoms with Crippen LogP contribution in [0.3, 0.4) is 0 Å². The van der Waals surface area contributed by atoms with E-state index in [2.05, 4.69) is 123 Å². The number of rotatable bonds is 6. The molecule has 0 unspecified atom stereocenters. The molecule has 9 heteroatoms. The summed E-state index contributed by atoms with van der Waals surface area (Å²) in [5.41, 5.74) is 0.873. The average molecular weight is 659 g/mol. The SMILES string of the molecule is CSc1ccccc1N=Nc1nccn1C.[C-]#[O+].[Cl][Ru+].c1ccc(P(c2ccccc2)c2ccccc2)cc1. The molecule has 4 aromatic carbocycles. The van der Waals surface area contributed by atoms with E-state index in [1.807, 2.05) is 65.6 Å². The van der Waals surface area contributed by atoms with Gasteiger partial charge in [-0.25, -0.2) is 4.98 Å². The summed E-state index contributed by atoms with van der Waals surface area (Å²) in [5, 5.41) is 12.5. The first kappa shape index (κ1) is 32.3. The Morgan fingerprint density at radius 2 is 1.18 bits per heavy atom. The third-order valence-electron chi connectivity index (χ3n) is 5.17. The van der Waals surface area contributed by atoms with E-state index in [4.69, 9.17) is 4.65 Å². The van der Waals surface area contributed by atoms with Crippen LogP contribution in [-0.4, -0.2) is 15.8 Å². The maximum absolute atomic E-state index is 7.50. The monoisotopic (exact) mass is 659 g/mol. The minimum absolute atomic E-state index is 0.446. The smallest absolute Gasteiger partial charge is 0.0134 e. The van der Waals surface area contributed by atoms with Crippen molar-refractivity contribution in [1.29, 1.82) is 0 Å². The molecular weight excluding hydrogens is 632 g/mol. The van der Waals surface area contributed by atoms with Gasteiger partial charge in [0.05, 0.1) is 5.69 Å². The standard InChI is InChI=1S/C18H15P.C11H12N4S.CO.ClH.Ru/c1-4-10-16(11-5-1)19(17-12-6-2-7-13-17)18-14-8-3-9-15-18;1-15-8-7-12-11(15)14-13-9-5-3-4-6-10(9)16-2;1-2;;/h1-15H;3-8H,1-2H3;;1H;/q;;;;+2/p-1. The summed E-state index contributed by atoms with van der Waals surface area (Å²) < 4.78 is 9.32. The summed E-state index contributed by atoms with van der Waals surface area (Å²) in [6, 6.07) is 40.2. The fourth-order valence-corrected chi connectivity index (χ4v) is 6.28. The third kappa shape index (κ3) is 10.3. The third-order valence-corrected chi connectivity index (χ3v) is 8.40. The van der Waals surface area contributed by atoms with Crippen LogP contribution in [0.1, 0.15) is 0 Å². The molecule has 0 N–H and O–H groups in total. The van der Waals surface area contributed by atoms with Crippen molar-refractivity contribution >= 4 is 56.9 Å². The molecule has 0 bridgehead atoms. The van der Waals surface area contributed by atoms with Crippen molar-refractivity contribution in [2.75, 3.05) is 6.26 Å². The van der Waals surface area contributed by atoms with Crippen LogP contribution in [0.5, 0.6) is 0 Å². The summed E-state index contributed by atoms with van der Waals surface area (Å²) in [4.78, 5) is 5.19. The van der Waals surface area contributed by atoms with Crippen molar-refractivity contribution in [3.05, 3.63) is 134 Å². The molecule has 0 radical (unpaired) electrons. The largest absolute Gasteiger partial charge is 0.0622 e. The molecule has 5 rings (SSSR count). The molecule has 0 saturated carbocycles. The molecule has 1 aromatic heterocycles. The van der Waals surface area contributed by atoms with E-state index in [1.54, 1.807) is 18.0 Å². The first-order chi connectivity index (χ1) is 19.3. The van der Waals surface area contributed by atoms with Gasteiger partial charge in [0.1, 0.15) is 0 Å². The van der Waals surface area contributed by atoms with E-state index in [0.717, 1.165) is 10.6 Å². The molecule has 0 saturated heterocycles. The predicted octanol–water partition coefficient (Wildman–Crippen LogP) is 7.65. The maximum Gasteiger partial charge on any atom is -0.0134 e. The molecule has 5 aromatic rings. The van der Waals surface area contributed by atoms with Gasteiger partial charge in [-0.2, -0.15) is 0 Å². The molecular formula is C30H27ClN4OPRuS+. The second-order valence-corrected chi connectivity index (χ2v) is 10.6. The van der Waals surface area contributed by atoms with Gasteiger partial charge in [0.2, 0.25) is 5.95 Å². The number of benzene rings is 4. The van der Waals surface area contributed by atoms with Gasteiger partial charge in [-0.3, -0.25) is 0 Å². The number of thioether (sulfide) groups is 1. The minimum atomic E-state index is -0.446. The van der Waals surface area contributed by atoms with Crippen LogP contribution in [-0.2, 0) is 29.0 Å². The first-order valence-electron chi connectivity index (χ1n) is 11.6. The number of aryl methyl sites for hydroxylation is 1. The van der Waals surface area contributed by atoms with Crippen LogP contribution in [0.25, 0.3) is 0 Å². The van der Waals surface area contributed by atoms with Crippen LogP contribution in [0.2, 0.25) is 0 Å². The number of nitrogens with zero attached hydrogens (tertiary/aromatic N) is 4. The summed E-state index contributed by atoms with van der Waals surface area (Å²) >= 11 is 3.48. The Labute approximate surface area is 250 Å². The van der Waals surface area contributed by atoms with Gasteiger partial charge >= 0.3 is 38.3 Å². The van der Waals surface area contributed by atoms with E-state index < -0.39 is 7.92 Å². The Bertz CT molecular complexity index is 1310. The first-order valence-corrected chi connectivity index (χ1v) is 16.4. The average Bonchev–Trinajstić information content (AvgIpc) is 3.44. The molecule has 1 heterocycles. The van der Waals surface area contributed by atoms with E-state index in [-0.39, 0.29) is 0 Å². The van der Waals surface area contributed by atoms with E-state index >= 15 is 0 Å². The van der Waals surface area contributed by atoms with E-state index in [0.29, 0.717) is 5.95 Å². The number of hydrogen-bond acceptors (Lipinski definition) is 4. The van der Waals surface area contributed by atoms with Gasteiger partial charge in [0, 0.05) is 24.3 Å². The number of halogens is 1. The van der Waals surface area contributed by atoms with Crippen molar-refractivity contribution in [1.82, 2.24) is 9.55 Å². The molecule has 0 amide bonds. The van der Waals surface area contributed by atoms with Crippen LogP contribution in [0.4, 0.5) is 11.6 Å². The number of hydrogen-bond donors (Lipinski definition) is 0. The van der Waals surface area contributed by atoms with E-state index in [9.17, 15) is 0 Å². The molecule has 5 nitrogen and oxygen atoms in total. The molecule has 0 fully saturated rings. The topological polar surface area (TPSA) is 62.4 Å². The summed E-state index contributed by atoms with van der Waals surface area (Å²) in [6.45, 7) is 4.50. The van der Waals surface area contributed by atoms with Gasteiger partial charge in [-0.1, -0.05) is 103 Å². The molecule has 0 aliphatic carbocycles. The van der Waals surface area contributed by atoms with Gasteiger partial charge < -0.3 is 4.57 Å². The number of imidazole rings is 1. The second kappa shape index (κ2) is 19.2. The Morgan fingerprint density at radius 3 is 1.59 bits per heavy atom. The molecule has 0 aliphatic rings. The molecule has 198 valence electrons. The van der Waals surface area contributed by atoms with Crippen molar-refractivity contribution in [2.45, 2.75) is 4.90 Å². The second-order valence-electron chi connectivity index (χ2n) is 7.55. The Balaban J connectivity index is 0.000000246. The van der Waals surface area contributed by atoms with E-state index in [1.165, 1.54) is 15.9 Å². The summed E-state index contributed by atoms with van der Waals surface area (Å²) in [6.07, 6.45) is 5.57. The Kier molecular flexibility index (Phi) is 15.9. The number of aromatic nitrogens is 2. The van der Waals surface area contributed by atoms with Gasteiger partial charge in [-0.15, -0.1) is 22.0 Å². The predicted molar refractivity (Wildman–Crippen MR) is 161 cm³/mol. The molecule has 39 heavy (non-hydrogen) atoms. The zero-order chi connectivity index (χ0) is 28.3. The van der Waals surface area contributed by atoms with Crippen molar-refractivity contribution in [3.63, 3.8) is 0 Å². The normalized spacial score (nSPS) is 9.92.